The highest BCUT2D eigenvalue weighted by molar-refractivity contribution is 6.30. The lowest BCUT2D eigenvalue weighted by Gasteiger charge is -2.37. The van der Waals surface area contributed by atoms with Crippen molar-refractivity contribution in [2.45, 2.75) is 26.4 Å². The maximum Gasteiger partial charge on any atom is 0.264 e. The molecule has 2 aromatic rings. The minimum absolute atomic E-state index is 0.0814. The minimum atomic E-state index is -0.421. The number of ether oxygens (including phenoxy) is 1. The molecule has 1 atom stereocenters. The van der Waals surface area contributed by atoms with Crippen molar-refractivity contribution in [3.8, 4) is 5.75 Å². The van der Waals surface area contributed by atoms with Crippen LogP contribution in [0.5, 0.6) is 5.75 Å². The third kappa shape index (κ3) is 3.14. The Morgan fingerprint density at radius 3 is 2.65 bits per heavy atom. The molecule has 136 valence electrons. The Bertz CT molecular complexity index is 844. The van der Waals surface area contributed by atoms with Gasteiger partial charge in [0.15, 0.2) is 6.10 Å². The second kappa shape index (κ2) is 6.84. The number of amides is 1. The highest BCUT2D eigenvalue weighted by atomic mass is 35.5. The minimum Gasteiger partial charge on any atom is -0.480 e. The number of benzene rings is 2. The Morgan fingerprint density at radius 1 is 1.12 bits per heavy atom. The first-order valence-corrected chi connectivity index (χ1v) is 9.46. The summed E-state index contributed by atoms with van der Waals surface area (Å²) in [7, 11) is 0. The molecule has 2 aromatic carbocycles. The van der Waals surface area contributed by atoms with E-state index in [-0.39, 0.29) is 5.91 Å². The summed E-state index contributed by atoms with van der Waals surface area (Å²) in [4.78, 5) is 17.2. The molecule has 0 saturated carbocycles. The smallest absolute Gasteiger partial charge is 0.264 e. The SMILES string of the molecule is Cc1cccc(N2CCN(C(=O)C3Cc4cc(Cl)ccc4O3)CC2)c1C. The molecule has 0 radical (unpaired) electrons. The van der Waals surface area contributed by atoms with Gasteiger partial charge in [-0.05, 0) is 54.8 Å². The van der Waals surface area contributed by atoms with Crippen LogP contribution >= 0.6 is 11.6 Å². The predicted molar refractivity (Wildman–Crippen MR) is 104 cm³/mol. The molecule has 26 heavy (non-hydrogen) atoms. The summed E-state index contributed by atoms with van der Waals surface area (Å²) in [5.74, 6) is 0.861. The summed E-state index contributed by atoms with van der Waals surface area (Å²) < 4.78 is 5.86. The zero-order valence-electron chi connectivity index (χ0n) is 15.2. The molecule has 1 fully saturated rings. The number of rotatable bonds is 2. The Morgan fingerprint density at radius 2 is 1.88 bits per heavy atom. The number of nitrogens with zero attached hydrogens (tertiary/aromatic N) is 2. The quantitative estimate of drug-likeness (QED) is 0.809. The molecular formula is C21H23ClN2O2. The van der Waals surface area contributed by atoms with E-state index in [1.165, 1.54) is 16.8 Å². The lowest BCUT2D eigenvalue weighted by molar-refractivity contribution is -0.138. The van der Waals surface area contributed by atoms with Gasteiger partial charge in [0.05, 0.1) is 0 Å². The number of piperazine rings is 1. The number of fused-ring (bicyclic) bond motifs is 1. The van der Waals surface area contributed by atoms with E-state index in [9.17, 15) is 4.79 Å². The summed E-state index contributed by atoms with van der Waals surface area (Å²) in [6, 6.07) is 12.0. The van der Waals surface area contributed by atoms with Crippen molar-refractivity contribution in [1.29, 1.82) is 0 Å². The largest absolute Gasteiger partial charge is 0.480 e. The molecule has 2 heterocycles. The van der Waals surface area contributed by atoms with Crippen molar-refractivity contribution in [2.75, 3.05) is 31.1 Å². The average molecular weight is 371 g/mol. The second-order valence-corrected chi connectivity index (χ2v) is 7.53. The highest BCUT2D eigenvalue weighted by Gasteiger charge is 2.34. The van der Waals surface area contributed by atoms with E-state index in [1.54, 1.807) is 6.07 Å². The van der Waals surface area contributed by atoms with Crippen LogP contribution in [-0.4, -0.2) is 43.1 Å². The summed E-state index contributed by atoms with van der Waals surface area (Å²) >= 11 is 6.04. The van der Waals surface area contributed by atoms with Gasteiger partial charge in [0.25, 0.3) is 5.91 Å². The standard InChI is InChI=1S/C21H23ClN2O2/c1-14-4-3-5-18(15(14)2)23-8-10-24(11-9-23)21(25)20-13-16-12-17(22)6-7-19(16)26-20/h3-7,12,20H,8-11,13H2,1-2H3. The van der Waals surface area contributed by atoms with Crippen molar-refractivity contribution in [1.82, 2.24) is 4.90 Å². The third-order valence-corrected chi connectivity index (χ3v) is 5.72. The number of hydrogen-bond donors (Lipinski definition) is 0. The van der Waals surface area contributed by atoms with Crippen molar-refractivity contribution < 1.29 is 9.53 Å². The molecule has 1 saturated heterocycles. The maximum absolute atomic E-state index is 12.9. The van der Waals surface area contributed by atoms with Gasteiger partial charge >= 0.3 is 0 Å². The molecule has 0 bridgehead atoms. The van der Waals surface area contributed by atoms with Gasteiger partial charge in [-0.25, -0.2) is 0 Å². The van der Waals surface area contributed by atoms with Gasteiger partial charge in [0.2, 0.25) is 0 Å². The van der Waals surface area contributed by atoms with Gasteiger partial charge in [-0.15, -0.1) is 0 Å². The van der Waals surface area contributed by atoms with Gasteiger partial charge in [-0.3, -0.25) is 4.79 Å². The van der Waals surface area contributed by atoms with Crippen LogP contribution in [0.25, 0.3) is 0 Å². The molecular weight excluding hydrogens is 348 g/mol. The molecule has 0 aliphatic carbocycles. The summed E-state index contributed by atoms with van der Waals surface area (Å²) in [6.45, 7) is 7.45. The van der Waals surface area contributed by atoms with Gasteiger partial charge in [0, 0.05) is 43.3 Å². The number of anilines is 1. The third-order valence-electron chi connectivity index (χ3n) is 5.48. The van der Waals surface area contributed by atoms with Crippen molar-refractivity contribution in [2.24, 2.45) is 0 Å². The molecule has 4 rings (SSSR count). The van der Waals surface area contributed by atoms with Crippen LogP contribution in [0.2, 0.25) is 5.02 Å². The number of halogens is 1. The van der Waals surface area contributed by atoms with Gasteiger partial charge in [-0.1, -0.05) is 23.7 Å². The molecule has 2 aliphatic rings. The van der Waals surface area contributed by atoms with Crippen LogP contribution in [0, 0.1) is 13.8 Å². The Kier molecular flexibility index (Phi) is 4.53. The van der Waals surface area contributed by atoms with Crippen molar-refractivity contribution >= 4 is 23.2 Å². The zero-order chi connectivity index (χ0) is 18.3. The van der Waals surface area contributed by atoms with Crippen molar-refractivity contribution in [3.05, 3.63) is 58.1 Å². The van der Waals surface area contributed by atoms with E-state index in [2.05, 4.69) is 36.9 Å². The summed E-state index contributed by atoms with van der Waals surface area (Å²) in [6.07, 6.45) is 0.182. The van der Waals surface area contributed by atoms with E-state index in [0.29, 0.717) is 11.4 Å². The Hall–Kier alpha value is -2.20. The summed E-state index contributed by atoms with van der Waals surface area (Å²) in [5, 5.41) is 0.683. The molecule has 0 aromatic heterocycles. The van der Waals surface area contributed by atoms with Crippen LogP contribution < -0.4 is 9.64 Å². The predicted octanol–water partition coefficient (Wildman–Crippen LogP) is 3.61. The Balaban J connectivity index is 1.39. The van der Waals surface area contributed by atoms with Crippen LogP contribution in [-0.2, 0) is 11.2 Å². The molecule has 5 heteroatoms. The molecule has 2 aliphatic heterocycles. The lowest BCUT2D eigenvalue weighted by Crippen LogP contribution is -2.52. The van der Waals surface area contributed by atoms with E-state index in [4.69, 9.17) is 16.3 Å². The van der Waals surface area contributed by atoms with Crippen molar-refractivity contribution in [3.63, 3.8) is 0 Å². The van der Waals surface area contributed by atoms with E-state index >= 15 is 0 Å². The monoisotopic (exact) mass is 370 g/mol. The first-order valence-electron chi connectivity index (χ1n) is 9.08. The van der Waals surface area contributed by atoms with Crippen LogP contribution in [0.1, 0.15) is 16.7 Å². The molecule has 0 N–H and O–H groups in total. The topological polar surface area (TPSA) is 32.8 Å². The first kappa shape index (κ1) is 17.2. The first-order chi connectivity index (χ1) is 12.5. The van der Waals surface area contributed by atoms with Gasteiger partial charge < -0.3 is 14.5 Å². The average Bonchev–Trinajstić information content (AvgIpc) is 3.07. The fraction of sp³-hybridized carbons (Fsp3) is 0.381. The zero-order valence-corrected chi connectivity index (χ0v) is 15.9. The van der Waals surface area contributed by atoms with Gasteiger partial charge in [-0.2, -0.15) is 0 Å². The highest BCUT2D eigenvalue weighted by Crippen LogP contribution is 2.32. The van der Waals surface area contributed by atoms with E-state index in [1.807, 2.05) is 17.0 Å². The fourth-order valence-corrected chi connectivity index (χ4v) is 4.00. The Labute approximate surface area is 159 Å². The number of carbonyl (C=O) groups is 1. The van der Waals surface area contributed by atoms with E-state index < -0.39 is 6.10 Å². The maximum atomic E-state index is 12.9. The second-order valence-electron chi connectivity index (χ2n) is 7.09. The molecule has 1 amide bonds. The fourth-order valence-electron chi connectivity index (χ4n) is 3.80. The lowest BCUT2D eigenvalue weighted by atomic mass is 10.1. The van der Waals surface area contributed by atoms with Crippen LogP contribution in [0.15, 0.2) is 36.4 Å². The van der Waals surface area contributed by atoms with E-state index in [0.717, 1.165) is 37.5 Å². The molecule has 4 nitrogen and oxygen atoms in total. The molecule has 1 unspecified atom stereocenters. The number of aryl methyl sites for hydroxylation is 1. The van der Waals surface area contributed by atoms with Gasteiger partial charge in [0.1, 0.15) is 5.75 Å². The summed E-state index contributed by atoms with van der Waals surface area (Å²) in [5.41, 5.74) is 4.91. The number of carbonyl (C=O) groups excluding carboxylic acids is 1. The van der Waals surface area contributed by atoms with Crippen LogP contribution in [0.3, 0.4) is 0 Å². The normalized spacial score (nSPS) is 19.3. The molecule has 0 spiro atoms. The number of hydrogen-bond acceptors (Lipinski definition) is 3. The van der Waals surface area contributed by atoms with Crippen LogP contribution in [0.4, 0.5) is 5.69 Å².